The van der Waals surface area contributed by atoms with E-state index in [-0.39, 0.29) is 11.9 Å². The second kappa shape index (κ2) is 7.39. The van der Waals surface area contributed by atoms with E-state index >= 15 is 0 Å². The molecule has 0 spiro atoms. The SMILES string of the molecule is COc1ccc(C2CCCN2C(=O)c2cc(C)nc3c2c(C)nn3C)c(OC)c1. The highest BCUT2D eigenvalue weighted by molar-refractivity contribution is 6.06. The van der Waals surface area contributed by atoms with Crippen molar-refractivity contribution in [2.24, 2.45) is 7.05 Å². The average molecular weight is 394 g/mol. The van der Waals surface area contributed by atoms with Crippen molar-refractivity contribution in [1.82, 2.24) is 19.7 Å². The molecule has 1 aliphatic heterocycles. The lowest BCUT2D eigenvalue weighted by atomic mass is 10.0. The number of ether oxygens (including phenoxy) is 2. The normalized spacial score (nSPS) is 16.4. The van der Waals surface area contributed by atoms with Crippen LogP contribution in [0.4, 0.5) is 0 Å². The predicted octanol–water partition coefficient (Wildman–Crippen LogP) is 3.58. The lowest BCUT2D eigenvalue weighted by molar-refractivity contribution is 0.0736. The summed E-state index contributed by atoms with van der Waals surface area (Å²) in [6.07, 6.45) is 1.85. The Balaban J connectivity index is 1.78. The van der Waals surface area contributed by atoms with Gasteiger partial charge >= 0.3 is 0 Å². The highest BCUT2D eigenvalue weighted by atomic mass is 16.5. The quantitative estimate of drug-likeness (QED) is 0.676. The maximum atomic E-state index is 13.7. The summed E-state index contributed by atoms with van der Waals surface area (Å²) in [4.78, 5) is 20.2. The maximum absolute atomic E-state index is 13.7. The second-order valence-electron chi connectivity index (χ2n) is 7.48. The molecule has 1 atom stereocenters. The van der Waals surface area contributed by atoms with Crippen LogP contribution in [0, 0.1) is 13.8 Å². The Morgan fingerprint density at radius 2 is 1.97 bits per heavy atom. The van der Waals surface area contributed by atoms with Gasteiger partial charge in [-0.2, -0.15) is 5.10 Å². The molecule has 152 valence electrons. The highest BCUT2D eigenvalue weighted by Gasteiger charge is 2.34. The third-order valence-corrected chi connectivity index (χ3v) is 5.64. The number of rotatable bonds is 4. The molecular formula is C22H26N4O3. The minimum absolute atomic E-state index is 0.0111. The lowest BCUT2D eigenvalue weighted by Gasteiger charge is -2.27. The van der Waals surface area contributed by atoms with Crippen LogP contribution in [0.25, 0.3) is 11.0 Å². The molecular weight excluding hydrogens is 368 g/mol. The van der Waals surface area contributed by atoms with Crippen molar-refractivity contribution in [3.63, 3.8) is 0 Å². The lowest BCUT2D eigenvalue weighted by Crippen LogP contribution is -2.31. The van der Waals surface area contributed by atoms with Crippen LogP contribution in [0.5, 0.6) is 11.5 Å². The van der Waals surface area contributed by atoms with Crippen LogP contribution in [0.2, 0.25) is 0 Å². The fraction of sp³-hybridized carbons (Fsp3) is 0.409. The molecule has 1 amide bonds. The second-order valence-corrected chi connectivity index (χ2v) is 7.48. The molecule has 3 aromatic rings. The summed E-state index contributed by atoms with van der Waals surface area (Å²) in [6, 6.07) is 7.62. The van der Waals surface area contributed by atoms with Crippen LogP contribution in [0.3, 0.4) is 0 Å². The van der Waals surface area contributed by atoms with Crippen LogP contribution in [-0.4, -0.2) is 46.3 Å². The van der Waals surface area contributed by atoms with Gasteiger partial charge in [0.15, 0.2) is 5.65 Å². The van der Waals surface area contributed by atoms with Crippen LogP contribution in [0.1, 0.15) is 46.2 Å². The van der Waals surface area contributed by atoms with E-state index in [1.54, 1.807) is 18.9 Å². The molecule has 4 rings (SSSR count). The number of likely N-dealkylation sites (tertiary alicyclic amines) is 1. The predicted molar refractivity (Wildman–Crippen MR) is 111 cm³/mol. The molecule has 1 unspecified atom stereocenters. The Kier molecular flexibility index (Phi) is 4.90. The molecule has 3 heterocycles. The van der Waals surface area contributed by atoms with Crippen LogP contribution in [0.15, 0.2) is 24.3 Å². The molecule has 1 saturated heterocycles. The standard InChI is InChI=1S/C22H26N4O3/c1-13-11-17(20-14(2)24-25(3)21(20)23-13)22(27)26-10-6-7-18(26)16-9-8-15(28-4)12-19(16)29-5/h8-9,11-12,18H,6-7,10H2,1-5H3. The first kappa shape index (κ1) is 19.2. The van der Waals surface area contributed by atoms with E-state index < -0.39 is 0 Å². The van der Waals surface area contributed by atoms with Gasteiger partial charge in [-0.3, -0.25) is 9.48 Å². The number of carbonyl (C=O) groups is 1. The molecule has 1 fully saturated rings. The molecule has 29 heavy (non-hydrogen) atoms. The Hall–Kier alpha value is -3.09. The minimum atomic E-state index is -0.0381. The fourth-order valence-corrected chi connectivity index (χ4v) is 4.32. The van der Waals surface area contributed by atoms with E-state index in [4.69, 9.17) is 9.47 Å². The molecule has 7 nitrogen and oxygen atoms in total. The van der Waals surface area contributed by atoms with Gasteiger partial charge in [-0.1, -0.05) is 0 Å². The number of aromatic nitrogens is 3. The zero-order chi connectivity index (χ0) is 20.7. The van der Waals surface area contributed by atoms with Gasteiger partial charge in [0.2, 0.25) is 0 Å². The van der Waals surface area contributed by atoms with Gasteiger partial charge in [-0.25, -0.2) is 4.98 Å². The first-order valence-electron chi connectivity index (χ1n) is 9.78. The van der Waals surface area contributed by atoms with Crippen LogP contribution < -0.4 is 9.47 Å². The van der Waals surface area contributed by atoms with Crippen molar-refractivity contribution < 1.29 is 14.3 Å². The summed E-state index contributed by atoms with van der Waals surface area (Å²) < 4.78 is 12.7. The van der Waals surface area contributed by atoms with E-state index in [0.717, 1.165) is 52.3 Å². The average Bonchev–Trinajstić information content (AvgIpc) is 3.31. The van der Waals surface area contributed by atoms with Gasteiger partial charge in [0.25, 0.3) is 5.91 Å². The number of hydrogen-bond donors (Lipinski definition) is 0. The summed E-state index contributed by atoms with van der Waals surface area (Å²) >= 11 is 0. The van der Waals surface area contributed by atoms with E-state index in [1.807, 2.05) is 50.1 Å². The van der Waals surface area contributed by atoms with Crippen molar-refractivity contribution in [1.29, 1.82) is 0 Å². The van der Waals surface area contributed by atoms with E-state index in [2.05, 4.69) is 10.1 Å². The van der Waals surface area contributed by atoms with Crippen molar-refractivity contribution in [2.45, 2.75) is 32.7 Å². The van der Waals surface area contributed by atoms with Crippen molar-refractivity contribution in [2.75, 3.05) is 20.8 Å². The largest absolute Gasteiger partial charge is 0.497 e. The van der Waals surface area contributed by atoms with Crippen molar-refractivity contribution in [3.8, 4) is 11.5 Å². The smallest absolute Gasteiger partial charge is 0.255 e. The molecule has 1 aromatic carbocycles. The summed E-state index contributed by atoms with van der Waals surface area (Å²) in [5.74, 6) is 1.48. The van der Waals surface area contributed by atoms with E-state index in [9.17, 15) is 4.79 Å². The van der Waals surface area contributed by atoms with Gasteiger partial charge in [0.1, 0.15) is 11.5 Å². The molecule has 0 bridgehead atoms. The third-order valence-electron chi connectivity index (χ3n) is 5.64. The Bertz CT molecular complexity index is 1090. The van der Waals surface area contributed by atoms with Gasteiger partial charge in [-0.05, 0) is 44.9 Å². The van der Waals surface area contributed by atoms with Gasteiger partial charge in [-0.15, -0.1) is 0 Å². The number of amides is 1. The van der Waals surface area contributed by atoms with Gasteiger partial charge in [0, 0.05) is 30.9 Å². The number of carbonyl (C=O) groups excluding carboxylic acids is 1. The van der Waals surface area contributed by atoms with Gasteiger partial charge in [0.05, 0.1) is 36.9 Å². The Morgan fingerprint density at radius 3 is 2.69 bits per heavy atom. The van der Waals surface area contributed by atoms with Crippen LogP contribution >= 0.6 is 0 Å². The topological polar surface area (TPSA) is 69.5 Å². The first-order valence-corrected chi connectivity index (χ1v) is 9.78. The zero-order valence-electron chi connectivity index (χ0n) is 17.5. The number of nitrogens with zero attached hydrogens (tertiary/aromatic N) is 4. The summed E-state index contributed by atoms with van der Waals surface area (Å²) in [5.41, 5.74) is 4.03. The molecule has 1 aliphatic rings. The summed E-state index contributed by atoms with van der Waals surface area (Å²) in [5, 5.41) is 5.30. The minimum Gasteiger partial charge on any atom is -0.497 e. The van der Waals surface area contributed by atoms with Crippen molar-refractivity contribution >= 4 is 16.9 Å². The number of hydrogen-bond acceptors (Lipinski definition) is 5. The molecule has 0 saturated carbocycles. The van der Waals surface area contributed by atoms with Crippen molar-refractivity contribution in [3.05, 3.63) is 46.8 Å². The summed E-state index contributed by atoms with van der Waals surface area (Å²) in [6.45, 7) is 4.54. The Labute approximate surface area is 170 Å². The van der Waals surface area contributed by atoms with E-state index in [0.29, 0.717) is 12.1 Å². The molecule has 0 N–H and O–H groups in total. The monoisotopic (exact) mass is 394 g/mol. The molecule has 0 radical (unpaired) electrons. The maximum Gasteiger partial charge on any atom is 0.255 e. The Morgan fingerprint density at radius 1 is 1.17 bits per heavy atom. The number of aryl methyl sites for hydroxylation is 3. The third kappa shape index (κ3) is 3.20. The zero-order valence-corrected chi connectivity index (χ0v) is 17.5. The molecule has 0 aliphatic carbocycles. The summed E-state index contributed by atoms with van der Waals surface area (Å²) in [7, 11) is 5.14. The first-order chi connectivity index (χ1) is 13.9. The number of fused-ring (bicyclic) bond motifs is 1. The number of methoxy groups -OCH3 is 2. The fourth-order valence-electron chi connectivity index (χ4n) is 4.32. The number of pyridine rings is 1. The van der Waals surface area contributed by atoms with E-state index in [1.165, 1.54) is 0 Å². The van der Waals surface area contributed by atoms with Crippen LogP contribution in [-0.2, 0) is 7.05 Å². The highest BCUT2D eigenvalue weighted by Crippen LogP contribution is 2.40. The molecule has 7 heteroatoms. The molecule has 2 aromatic heterocycles. The van der Waals surface area contributed by atoms with Gasteiger partial charge < -0.3 is 14.4 Å². The number of benzene rings is 1.